The van der Waals surface area contributed by atoms with E-state index in [2.05, 4.69) is 10.6 Å². The van der Waals surface area contributed by atoms with Crippen molar-refractivity contribution in [3.8, 4) is 16.9 Å². The first-order valence-corrected chi connectivity index (χ1v) is 12.2. The van der Waals surface area contributed by atoms with Crippen molar-refractivity contribution in [2.24, 2.45) is 0 Å². The number of aliphatic carboxylic acids is 1. The van der Waals surface area contributed by atoms with Gasteiger partial charge in [0, 0.05) is 30.6 Å². The Balaban J connectivity index is 1.84. The quantitative estimate of drug-likeness (QED) is 0.443. The lowest BCUT2D eigenvalue weighted by Gasteiger charge is -2.38. The van der Waals surface area contributed by atoms with E-state index in [1.54, 1.807) is 13.2 Å². The average molecular weight is 481 g/mol. The van der Waals surface area contributed by atoms with Gasteiger partial charge in [-0.3, -0.25) is 4.79 Å². The molecule has 1 amide bonds. The van der Waals surface area contributed by atoms with Gasteiger partial charge < -0.3 is 25.2 Å². The molecule has 0 fully saturated rings. The molecule has 0 aliphatic heterocycles. The van der Waals surface area contributed by atoms with Crippen molar-refractivity contribution >= 4 is 11.9 Å². The number of hydrogen-bond acceptors (Lipinski definition) is 5. The molecular formula is C28H36N2O5. The van der Waals surface area contributed by atoms with Crippen molar-refractivity contribution < 1.29 is 24.2 Å². The predicted molar refractivity (Wildman–Crippen MR) is 136 cm³/mol. The number of carbonyl (C=O) groups is 2. The molecule has 2 aromatic rings. The van der Waals surface area contributed by atoms with Gasteiger partial charge in [-0.15, -0.1) is 0 Å². The number of amides is 1. The fourth-order valence-electron chi connectivity index (χ4n) is 4.51. The maximum atomic E-state index is 12.0. The van der Waals surface area contributed by atoms with Crippen molar-refractivity contribution in [1.82, 2.24) is 10.6 Å². The molecule has 0 saturated carbocycles. The smallest absolute Gasteiger partial charge is 0.331 e. The van der Waals surface area contributed by atoms with E-state index in [1.807, 2.05) is 62.4 Å². The minimum absolute atomic E-state index is 0.0214. The van der Waals surface area contributed by atoms with Crippen LogP contribution in [-0.2, 0) is 20.9 Å². The Morgan fingerprint density at radius 1 is 1.09 bits per heavy atom. The molecule has 7 nitrogen and oxygen atoms in total. The molecule has 0 radical (unpaired) electrons. The molecule has 0 unspecified atom stereocenters. The zero-order valence-corrected chi connectivity index (χ0v) is 20.9. The summed E-state index contributed by atoms with van der Waals surface area (Å²) in [5, 5.41) is 16.2. The van der Waals surface area contributed by atoms with Crippen molar-refractivity contribution in [1.29, 1.82) is 0 Å². The maximum absolute atomic E-state index is 12.0. The van der Waals surface area contributed by atoms with Crippen LogP contribution in [0.15, 0.2) is 60.2 Å². The highest BCUT2D eigenvalue weighted by molar-refractivity contribution is 5.87. The Morgan fingerprint density at radius 3 is 2.40 bits per heavy atom. The maximum Gasteiger partial charge on any atom is 0.331 e. The van der Waals surface area contributed by atoms with Gasteiger partial charge in [-0.2, -0.15) is 0 Å². The van der Waals surface area contributed by atoms with Crippen LogP contribution in [0.3, 0.4) is 0 Å². The average Bonchev–Trinajstić information content (AvgIpc) is 2.87. The van der Waals surface area contributed by atoms with E-state index in [4.69, 9.17) is 9.47 Å². The summed E-state index contributed by atoms with van der Waals surface area (Å²) in [6, 6.07) is 15.4. The van der Waals surface area contributed by atoms with E-state index in [-0.39, 0.29) is 30.0 Å². The van der Waals surface area contributed by atoms with Crippen LogP contribution in [0.25, 0.3) is 11.1 Å². The molecule has 3 rings (SSSR count). The van der Waals surface area contributed by atoms with Crippen LogP contribution < -0.4 is 15.4 Å². The highest BCUT2D eigenvalue weighted by Crippen LogP contribution is 2.29. The van der Waals surface area contributed by atoms with Gasteiger partial charge in [-0.25, -0.2) is 4.79 Å². The number of carboxylic acids is 1. The molecule has 2 aromatic carbocycles. The fraction of sp³-hybridized carbons (Fsp3) is 0.429. The minimum Gasteiger partial charge on any atom is -0.496 e. The lowest BCUT2D eigenvalue weighted by Crippen LogP contribution is -2.58. The number of carbonyl (C=O) groups excluding carboxylic acids is 1. The highest BCUT2D eigenvalue weighted by atomic mass is 16.5. The van der Waals surface area contributed by atoms with Gasteiger partial charge in [0.05, 0.1) is 25.4 Å². The molecule has 0 saturated heterocycles. The molecule has 0 spiro atoms. The molecule has 3 N–H and O–H groups in total. The third kappa shape index (κ3) is 6.93. The number of ether oxygens (including phenoxy) is 2. The first-order chi connectivity index (χ1) is 16.9. The summed E-state index contributed by atoms with van der Waals surface area (Å²) in [7, 11) is 1.64. The normalized spacial score (nSPS) is 19.8. The van der Waals surface area contributed by atoms with Crippen LogP contribution >= 0.6 is 0 Å². The molecule has 0 aromatic heterocycles. The summed E-state index contributed by atoms with van der Waals surface area (Å²) in [6.07, 6.45) is 2.97. The second-order valence-electron chi connectivity index (χ2n) is 8.85. The van der Waals surface area contributed by atoms with E-state index in [9.17, 15) is 14.7 Å². The standard InChI is InChI=1S/C28H36N2O5/c1-5-23(6-2)35-26-16-22(28(32)33)14-24(27(26)30-18(3)31)29-17-21-13-12-20(15-25(21)34-4)19-10-8-7-9-11-19/h7-13,15-16,23-24,26-27,29H,5-6,14,17H2,1-4H3,(H,30,31)(H,32,33)/t24-,26+,27+/m0/s1. The molecule has 0 bridgehead atoms. The Bertz CT molecular complexity index is 1030. The second-order valence-corrected chi connectivity index (χ2v) is 8.85. The number of carboxylic acid groups (broad SMARTS) is 1. The van der Waals surface area contributed by atoms with E-state index < -0.39 is 18.1 Å². The van der Waals surface area contributed by atoms with Gasteiger partial charge >= 0.3 is 5.97 Å². The molecule has 1 aliphatic carbocycles. The molecular weight excluding hydrogens is 444 g/mol. The van der Waals surface area contributed by atoms with Crippen LogP contribution in [0.2, 0.25) is 0 Å². The molecule has 0 heterocycles. The van der Waals surface area contributed by atoms with Crippen molar-refractivity contribution in [2.45, 2.75) is 70.9 Å². The SMILES string of the molecule is CCC(CC)O[C@@H]1C=C(C(=O)O)C[C@H](NCc2ccc(-c3ccccc3)cc2OC)[C@H]1NC(C)=O. The van der Waals surface area contributed by atoms with Gasteiger partial charge in [0.2, 0.25) is 5.91 Å². The highest BCUT2D eigenvalue weighted by Gasteiger charge is 2.37. The Hall–Kier alpha value is -3.16. The Kier molecular flexibility index (Phi) is 9.46. The minimum atomic E-state index is -0.971. The van der Waals surface area contributed by atoms with Crippen LogP contribution in [-0.4, -0.2) is 48.4 Å². The molecule has 35 heavy (non-hydrogen) atoms. The van der Waals surface area contributed by atoms with Crippen LogP contribution in [0.4, 0.5) is 0 Å². The van der Waals surface area contributed by atoms with Crippen LogP contribution in [0.5, 0.6) is 5.75 Å². The van der Waals surface area contributed by atoms with Gasteiger partial charge in [0.25, 0.3) is 0 Å². The number of methoxy groups -OCH3 is 1. The molecule has 7 heteroatoms. The van der Waals surface area contributed by atoms with E-state index in [0.29, 0.717) is 6.54 Å². The van der Waals surface area contributed by atoms with E-state index >= 15 is 0 Å². The predicted octanol–water partition coefficient (Wildman–Crippen LogP) is 4.31. The second kappa shape index (κ2) is 12.5. The van der Waals surface area contributed by atoms with Crippen molar-refractivity contribution in [3.63, 3.8) is 0 Å². The first-order valence-electron chi connectivity index (χ1n) is 12.2. The van der Waals surface area contributed by atoms with Crippen molar-refractivity contribution in [3.05, 3.63) is 65.7 Å². The lowest BCUT2D eigenvalue weighted by molar-refractivity contribution is -0.133. The third-order valence-corrected chi connectivity index (χ3v) is 6.45. The number of benzene rings is 2. The summed E-state index contributed by atoms with van der Waals surface area (Å²) in [5.74, 6) is -0.414. The zero-order chi connectivity index (χ0) is 25.4. The van der Waals surface area contributed by atoms with Gasteiger partial charge in [0.1, 0.15) is 5.75 Å². The van der Waals surface area contributed by atoms with Gasteiger partial charge in [0.15, 0.2) is 0 Å². The molecule has 3 atom stereocenters. The summed E-state index contributed by atoms with van der Waals surface area (Å²) < 4.78 is 11.9. The number of hydrogen-bond donors (Lipinski definition) is 3. The van der Waals surface area contributed by atoms with Crippen LogP contribution in [0, 0.1) is 0 Å². The van der Waals surface area contributed by atoms with Gasteiger partial charge in [-0.1, -0.05) is 56.3 Å². The Morgan fingerprint density at radius 2 is 1.80 bits per heavy atom. The fourth-order valence-corrected chi connectivity index (χ4v) is 4.51. The summed E-state index contributed by atoms with van der Waals surface area (Å²) in [4.78, 5) is 23.9. The molecule has 1 aliphatic rings. The summed E-state index contributed by atoms with van der Waals surface area (Å²) >= 11 is 0. The lowest BCUT2D eigenvalue weighted by atomic mass is 9.87. The third-order valence-electron chi connectivity index (χ3n) is 6.45. The molecule has 188 valence electrons. The summed E-state index contributed by atoms with van der Waals surface area (Å²) in [6.45, 7) is 5.98. The van der Waals surface area contributed by atoms with Gasteiger partial charge in [-0.05, 0) is 42.5 Å². The first kappa shape index (κ1) is 26.4. The summed E-state index contributed by atoms with van der Waals surface area (Å²) in [5.41, 5.74) is 3.37. The largest absolute Gasteiger partial charge is 0.496 e. The van der Waals surface area contributed by atoms with E-state index in [0.717, 1.165) is 35.3 Å². The Labute approximate surface area is 207 Å². The number of nitrogens with one attached hydrogen (secondary N) is 2. The topological polar surface area (TPSA) is 96.9 Å². The zero-order valence-electron chi connectivity index (χ0n) is 20.9. The van der Waals surface area contributed by atoms with Crippen molar-refractivity contribution in [2.75, 3.05) is 7.11 Å². The monoisotopic (exact) mass is 480 g/mol. The van der Waals surface area contributed by atoms with E-state index in [1.165, 1.54) is 6.92 Å². The number of rotatable bonds is 11. The van der Waals surface area contributed by atoms with Crippen LogP contribution in [0.1, 0.15) is 45.6 Å².